The van der Waals surface area contributed by atoms with Crippen LogP contribution in [0.3, 0.4) is 0 Å². The van der Waals surface area contributed by atoms with Crippen LogP contribution in [-0.2, 0) is 0 Å². The van der Waals surface area contributed by atoms with Crippen LogP contribution in [0.1, 0.15) is 10.5 Å². The lowest BCUT2D eigenvalue weighted by molar-refractivity contribution is 0.112. The third-order valence-electron chi connectivity index (χ3n) is 0.983. The third kappa shape index (κ3) is 1.05. The zero-order valence-corrected chi connectivity index (χ0v) is 4.74. The highest BCUT2D eigenvalue weighted by Crippen LogP contribution is 2.01. The van der Waals surface area contributed by atoms with Gasteiger partial charge in [-0.1, -0.05) is 0 Å². The first-order valence-electron chi connectivity index (χ1n) is 2.50. The summed E-state index contributed by atoms with van der Waals surface area (Å²) >= 11 is 0. The van der Waals surface area contributed by atoms with Gasteiger partial charge in [-0.2, -0.15) is 0 Å². The number of hydrogen-bond acceptors (Lipinski definition) is 3. The van der Waals surface area contributed by atoms with Gasteiger partial charge in [0, 0.05) is 6.20 Å². The standard InChI is InChI=1S/C6H6N2O/c7-5-2-1-3-8-6(5)4-9/h1-4H,7H2. The van der Waals surface area contributed by atoms with Crippen molar-refractivity contribution in [3.8, 4) is 0 Å². The van der Waals surface area contributed by atoms with E-state index in [0.29, 0.717) is 17.7 Å². The van der Waals surface area contributed by atoms with Crippen molar-refractivity contribution in [2.24, 2.45) is 0 Å². The summed E-state index contributed by atoms with van der Waals surface area (Å²) in [4.78, 5) is 13.8. The van der Waals surface area contributed by atoms with Crippen LogP contribution >= 0.6 is 0 Å². The Labute approximate surface area is 52.5 Å². The maximum absolute atomic E-state index is 10.1. The molecule has 46 valence electrons. The summed E-state index contributed by atoms with van der Waals surface area (Å²) in [6, 6.07) is 3.32. The average molecular weight is 122 g/mol. The van der Waals surface area contributed by atoms with Crippen LogP contribution in [0.15, 0.2) is 18.3 Å². The molecule has 0 amide bonds. The minimum atomic E-state index is 0.303. The van der Waals surface area contributed by atoms with Gasteiger partial charge in [-0.25, -0.2) is 0 Å². The maximum atomic E-state index is 10.1. The Morgan fingerprint density at radius 2 is 2.44 bits per heavy atom. The molecule has 0 spiro atoms. The van der Waals surface area contributed by atoms with Gasteiger partial charge in [0.1, 0.15) is 5.69 Å². The van der Waals surface area contributed by atoms with Gasteiger partial charge in [-0.3, -0.25) is 9.78 Å². The molecular formula is C6H6N2O. The predicted molar refractivity (Wildman–Crippen MR) is 34.0 cm³/mol. The van der Waals surface area contributed by atoms with Crippen LogP contribution in [0.5, 0.6) is 0 Å². The lowest BCUT2D eigenvalue weighted by atomic mass is 10.3. The second-order valence-corrected chi connectivity index (χ2v) is 1.60. The molecule has 0 fully saturated rings. The van der Waals surface area contributed by atoms with Crippen LogP contribution in [0.25, 0.3) is 0 Å². The molecule has 0 aliphatic carbocycles. The van der Waals surface area contributed by atoms with E-state index in [2.05, 4.69) is 4.98 Å². The van der Waals surface area contributed by atoms with Crippen LogP contribution in [0.4, 0.5) is 5.69 Å². The van der Waals surface area contributed by atoms with Crippen molar-refractivity contribution in [3.63, 3.8) is 0 Å². The van der Waals surface area contributed by atoms with Crippen molar-refractivity contribution in [2.75, 3.05) is 5.73 Å². The second kappa shape index (κ2) is 2.26. The van der Waals surface area contributed by atoms with Crippen molar-refractivity contribution in [1.29, 1.82) is 0 Å². The first kappa shape index (κ1) is 5.75. The number of carbonyl (C=O) groups excluding carboxylic acids is 1. The number of carbonyl (C=O) groups is 1. The average Bonchev–Trinajstić information content (AvgIpc) is 1.89. The Hall–Kier alpha value is -1.38. The van der Waals surface area contributed by atoms with Crippen LogP contribution < -0.4 is 5.73 Å². The lowest BCUT2D eigenvalue weighted by Gasteiger charge is -1.91. The molecule has 1 aromatic heterocycles. The number of aromatic nitrogens is 1. The molecule has 1 rings (SSSR count). The third-order valence-corrected chi connectivity index (χ3v) is 0.983. The molecule has 0 atom stereocenters. The molecule has 2 N–H and O–H groups in total. The van der Waals surface area contributed by atoms with Crippen molar-refractivity contribution < 1.29 is 4.79 Å². The maximum Gasteiger partial charge on any atom is 0.170 e. The second-order valence-electron chi connectivity index (χ2n) is 1.60. The molecule has 0 aliphatic rings. The van der Waals surface area contributed by atoms with E-state index in [4.69, 9.17) is 5.73 Å². The Balaban J connectivity index is 3.15. The monoisotopic (exact) mass is 122 g/mol. The van der Waals surface area contributed by atoms with Crippen molar-refractivity contribution in [3.05, 3.63) is 24.0 Å². The summed E-state index contributed by atoms with van der Waals surface area (Å²) in [7, 11) is 0. The van der Waals surface area contributed by atoms with Gasteiger partial charge in [0.25, 0.3) is 0 Å². The Morgan fingerprint density at radius 1 is 1.67 bits per heavy atom. The molecule has 0 aromatic carbocycles. The molecule has 1 aromatic rings. The van der Waals surface area contributed by atoms with Crippen molar-refractivity contribution >= 4 is 12.0 Å². The van der Waals surface area contributed by atoms with Crippen LogP contribution in [-0.4, -0.2) is 11.3 Å². The summed E-state index contributed by atoms with van der Waals surface area (Å²) < 4.78 is 0. The molecule has 3 nitrogen and oxygen atoms in total. The molecule has 3 heteroatoms. The smallest absolute Gasteiger partial charge is 0.170 e. The predicted octanol–water partition coefficient (Wildman–Crippen LogP) is 0.476. The van der Waals surface area contributed by atoms with E-state index in [-0.39, 0.29) is 0 Å². The van der Waals surface area contributed by atoms with E-state index in [9.17, 15) is 4.79 Å². The van der Waals surface area contributed by atoms with E-state index in [1.165, 1.54) is 6.20 Å². The molecule has 0 saturated carbocycles. The highest BCUT2D eigenvalue weighted by Gasteiger charge is 1.92. The number of nitrogens with zero attached hydrogens (tertiary/aromatic N) is 1. The first-order chi connectivity index (χ1) is 4.34. The number of anilines is 1. The largest absolute Gasteiger partial charge is 0.397 e. The SMILES string of the molecule is Nc1cccnc1C=O. The molecule has 1 heterocycles. The molecule has 0 bridgehead atoms. The number of rotatable bonds is 1. The highest BCUT2D eigenvalue weighted by molar-refractivity contribution is 5.79. The quantitative estimate of drug-likeness (QED) is 0.551. The minimum Gasteiger partial charge on any atom is -0.397 e. The number of aldehydes is 1. The van der Waals surface area contributed by atoms with E-state index >= 15 is 0 Å². The fourth-order valence-electron chi connectivity index (χ4n) is 0.528. The molecule has 0 aliphatic heterocycles. The van der Waals surface area contributed by atoms with E-state index in [1.807, 2.05) is 0 Å². The van der Waals surface area contributed by atoms with Gasteiger partial charge < -0.3 is 5.73 Å². The van der Waals surface area contributed by atoms with E-state index < -0.39 is 0 Å². The fraction of sp³-hybridized carbons (Fsp3) is 0. The summed E-state index contributed by atoms with van der Waals surface area (Å²) in [5.74, 6) is 0. The Morgan fingerprint density at radius 3 is 2.89 bits per heavy atom. The summed E-state index contributed by atoms with van der Waals surface area (Å²) in [5, 5.41) is 0. The molecule has 9 heavy (non-hydrogen) atoms. The zero-order valence-electron chi connectivity index (χ0n) is 4.74. The normalized spacial score (nSPS) is 8.89. The summed E-state index contributed by atoms with van der Waals surface area (Å²) in [6.07, 6.45) is 2.16. The summed E-state index contributed by atoms with van der Waals surface area (Å²) in [6.45, 7) is 0. The molecule has 0 saturated heterocycles. The van der Waals surface area contributed by atoms with Gasteiger partial charge in [0.15, 0.2) is 6.29 Å². The van der Waals surface area contributed by atoms with Crippen molar-refractivity contribution in [1.82, 2.24) is 4.98 Å². The van der Waals surface area contributed by atoms with E-state index in [1.54, 1.807) is 12.1 Å². The Kier molecular flexibility index (Phi) is 1.44. The van der Waals surface area contributed by atoms with E-state index in [0.717, 1.165) is 0 Å². The molecule has 0 radical (unpaired) electrons. The first-order valence-corrected chi connectivity index (χ1v) is 2.50. The topological polar surface area (TPSA) is 56.0 Å². The van der Waals surface area contributed by atoms with Crippen LogP contribution in [0.2, 0.25) is 0 Å². The van der Waals surface area contributed by atoms with Crippen molar-refractivity contribution in [2.45, 2.75) is 0 Å². The number of pyridine rings is 1. The minimum absolute atomic E-state index is 0.303. The number of nitrogens with two attached hydrogens (primary N) is 1. The molecule has 0 unspecified atom stereocenters. The molecular weight excluding hydrogens is 116 g/mol. The zero-order chi connectivity index (χ0) is 6.69. The highest BCUT2D eigenvalue weighted by atomic mass is 16.1. The Bertz CT molecular complexity index is 222. The van der Waals surface area contributed by atoms with Gasteiger partial charge in [0.2, 0.25) is 0 Å². The summed E-state index contributed by atoms with van der Waals surface area (Å²) in [5.41, 5.74) is 6.06. The number of nitrogen functional groups attached to an aromatic ring is 1. The van der Waals surface area contributed by atoms with Gasteiger partial charge in [-0.15, -0.1) is 0 Å². The number of hydrogen-bond donors (Lipinski definition) is 1. The van der Waals surface area contributed by atoms with Gasteiger partial charge >= 0.3 is 0 Å². The van der Waals surface area contributed by atoms with Gasteiger partial charge in [-0.05, 0) is 12.1 Å². The van der Waals surface area contributed by atoms with Crippen LogP contribution in [0, 0.1) is 0 Å². The lowest BCUT2D eigenvalue weighted by Crippen LogP contribution is -1.94. The van der Waals surface area contributed by atoms with Gasteiger partial charge in [0.05, 0.1) is 5.69 Å². The fourth-order valence-corrected chi connectivity index (χ4v) is 0.528.